The lowest BCUT2D eigenvalue weighted by Gasteiger charge is -2.11. The van der Waals surface area contributed by atoms with Crippen molar-refractivity contribution in [1.82, 2.24) is 19.7 Å². The summed E-state index contributed by atoms with van der Waals surface area (Å²) in [6.07, 6.45) is 0. The van der Waals surface area contributed by atoms with E-state index < -0.39 is 0 Å². The smallest absolute Gasteiger partial charge is 0.159 e. The van der Waals surface area contributed by atoms with E-state index in [1.165, 1.54) is 6.07 Å². The Morgan fingerprint density at radius 3 is 2.79 bits per heavy atom. The van der Waals surface area contributed by atoms with E-state index in [1.54, 1.807) is 12.1 Å². The number of fused-ring (bicyclic) bond motifs is 1. The van der Waals surface area contributed by atoms with Crippen LogP contribution in [0.25, 0.3) is 22.6 Å². The van der Waals surface area contributed by atoms with Gasteiger partial charge in [-0.15, -0.1) is 0 Å². The number of nitrogens with one attached hydrogen (secondary N) is 1. The first kappa shape index (κ1) is 11.7. The zero-order chi connectivity index (χ0) is 13.6. The fourth-order valence-corrected chi connectivity index (χ4v) is 2.25. The molecule has 0 bridgehead atoms. The van der Waals surface area contributed by atoms with Crippen LogP contribution in [0.1, 0.15) is 19.9 Å². The molecular weight excluding hydrogens is 245 g/mol. The molecule has 19 heavy (non-hydrogen) atoms. The summed E-state index contributed by atoms with van der Waals surface area (Å²) >= 11 is 0. The molecular formula is C13H14FN5. The third-order valence-corrected chi connectivity index (χ3v) is 3.03. The lowest BCUT2D eigenvalue weighted by molar-refractivity contribution is 0.622. The summed E-state index contributed by atoms with van der Waals surface area (Å²) in [6.45, 7) is 4.05. The minimum absolute atomic E-state index is 0.145. The number of aromatic nitrogens is 4. The average Bonchev–Trinajstić information content (AvgIpc) is 2.93. The second kappa shape index (κ2) is 4.08. The zero-order valence-corrected chi connectivity index (χ0v) is 10.7. The van der Waals surface area contributed by atoms with E-state index in [1.807, 2.05) is 24.5 Å². The fraction of sp³-hybridized carbons (Fsp3) is 0.231. The van der Waals surface area contributed by atoms with Crippen LogP contribution in [0.5, 0.6) is 0 Å². The van der Waals surface area contributed by atoms with Crippen LogP contribution < -0.4 is 5.73 Å². The lowest BCUT2D eigenvalue weighted by atomic mass is 10.2. The van der Waals surface area contributed by atoms with Crippen LogP contribution in [0.3, 0.4) is 0 Å². The maximum absolute atomic E-state index is 13.8. The average molecular weight is 259 g/mol. The Balaban J connectivity index is 2.35. The first-order chi connectivity index (χ1) is 9.08. The molecule has 0 atom stereocenters. The number of rotatable bonds is 2. The highest BCUT2D eigenvalue weighted by Crippen LogP contribution is 2.29. The summed E-state index contributed by atoms with van der Waals surface area (Å²) in [6, 6.07) is 6.78. The van der Waals surface area contributed by atoms with Gasteiger partial charge in [-0.2, -0.15) is 5.10 Å². The predicted octanol–water partition coefficient (Wildman–Crippen LogP) is 2.73. The first-order valence-electron chi connectivity index (χ1n) is 6.05. The molecule has 0 aliphatic rings. The van der Waals surface area contributed by atoms with Gasteiger partial charge in [0.2, 0.25) is 0 Å². The third kappa shape index (κ3) is 1.76. The van der Waals surface area contributed by atoms with Gasteiger partial charge in [-0.05, 0) is 26.0 Å². The number of benzene rings is 1. The Hall–Kier alpha value is -2.37. The van der Waals surface area contributed by atoms with Crippen LogP contribution in [-0.4, -0.2) is 19.7 Å². The number of nitrogens with zero attached hydrogens (tertiary/aromatic N) is 3. The van der Waals surface area contributed by atoms with Crippen molar-refractivity contribution in [3.8, 4) is 11.5 Å². The number of hydrogen-bond donors (Lipinski definition) is 2. The van der Waals surface area contributed by atoms with Crippen molar-refractivity contribution in [3.63, 3.8) is 0 Å². The van der Waals surface area contributed by atoms with Crippen molar-refractivity contribution >= 4 is 16.9 Å². The van der Waals surface area contributed by atoms with Gasteiger partial charge in [-0.1, -0.05) is 6.07 Å². The van der Waals surface area contributed by atoms with E-state index in [0.717, 1.165) is 5.52 Å². The number of halogens is 1. The third-order valence-electron chi connectivity index (χ3n) is 3.03. The summed E-state index contributed by atoms with van der Waals surface area (Å²) < 4.78 is 15.8. The van der Waals surface area contributed by atoms with E-state index >= 15 is 0 Å². The summed E-state index contributed by atoms with van der Waals surface area (Å²) in [5, 5.41) is 6.71. The molecule has 0 amide bonds. The Bertz CT molecular complexity index is 741. The molecule has 0 aliphatic heterocycles. The van der Waals surface area contributed by atoms with Gasteiger partial charge in [-0.25, -0.2) is 9.37 Å². The topological polar surface area (TPSA) is 72.5 Å². The largest absolute Gasteiger partial charge is 0.382 e. The molecule has 0 radical (unpaired) electrons. The molecule has 0 unspecified atom stereocenters. The van der Waals surface area contributed by atoms with Crippen molar-refractivity contribution in [1.29, 1.82) is 0 Å². The van der Waals surface area contributed by atoms with Gasteiger partial charge in [0.25, 0.3) is 0 Å². The minimum atomic E-state index is -0.328. The van der Waals surface area contributed by atoms with Crippen molar-refractivity contribution in [2.75, 3.05) is 5.73 Å². The maximum atomic E-state index is 13.8. The summed E-state index contributed by atoms with van der Waals surface area (Å²) in [7, 11) is 0. The number of nitrogen functional groups attached to an aromatic ring is 1. The molecule has 2 heterocycles. The SMILES string of the molecule is CC(C)n1c(-c2cc(N)n[nH]2)nc2c(F)cccc21. The molecule has 1 aromatic carbocycles. The highest BCUT2D eigenvalue weighted by Gasteiger charge is 2.18. The first-order valence-corrected chi connectivity index (χ1v) is 6.05. The zero-order valence-electron chi connectivity index (χ0n) is 10.7. The van der Waals surface area contributed by atoms with Crippen molar-refractivity contribution in [3.05, 3.63) is 30.1 Å². The van der Waals surface area contributed by atoms with Crippen LogP contribution in [0.2, 0.25) is 0 Å². The second-order valence-corrected chi connectivity index (χ2v) is 4.71. The van der Waals surface area contributed by atoms with Gasteiger partial charge in [-0.3, -0.25) is 5.10 Å². The minimum Gasteiger partial charge on any atom is -0.382 e. The number of imidazole rings is 1. The maximum Gasteiger partial charge on any atom is 0.159 e. The van der Waals surface area contributed by atoms with Gasteiger partial charge < -0.3 is 10.3 Å². The van der Waals surface area contributed by atoms with Gasteiger partial charge >= 0.3 is 0 Å². The molecule has 3 N–H and O–H groups in total. The molecule has 5 nitrogen and oxygen atoms in total. The van der Waals surface area contributed by atoms with Crippen LogP contribution in [0.4, 0.5) is 10.2 Å². The number of nitrogens with two attached hydrogens (primary N) is 1. The van der Waals surface area contributed by atoms with Gasteiger partial charge in [0.1, 0.15) is 17.0 Å². The summed E-state index contributed by atoms with van der Waals surface area (Å²) in [5.41, 5.74) is 7.42. The number of hydrogen-bond acceptors (Lipinski definition) is 3. The molecule has 0 aliphatic carbocycles. The van der Waals surface area contributed by atoms with E-state index in [2.05, 4.69) is 15.2 Å². The highest BCUT2D eigenvalue weighted by molar-refractivity contribution is 5.81. The standard InChI is InChI=1S/C13H14FN5/c1-7(2)19-10-5-3-4-8(14)12(10)16-13(19)9-6-11(15)18-17-9/h3-7H,1-2H3,(H3,15,17,18). The second-order valence-electron chi connectivity index (χ2n) is 4.71. The Labute approximate surface area is 109 Å². The predicted molar refractivity (Wildman–Crippen MR) is 72.1 cm³/mol. The quantitative estimate of drug-likeness (QED) is 0.743. The molecule has 0 spiro atoms. The molecule has 6 heteroatoms. The molecule has 3 rings (SSSR count). The van der Waals surface area contributed by atoms with Crippen LogP contribution in [0, 0.1) is 5.82 Å². The van der Waals surface area contributed by atoms with Crippen LogP contribution >= 0.6 is 0 Å². The molecule has 98 valence electrons. The van der Waals surface area contributed by atoms with Crippen molar-refractivity contribution in [2.45, 2.75) is 19.9 Å². The molecule has 0 saturated heterocycles. The molecule has 2 aromatic heterocycles. The van der Waals surface area contributed by atoms with E-state index in [0.29, 0.717) is 22.9 Å². The normalized spacial score (nSPS) is 11.6. The van der Waals surface area contributed by atoms with Crippen molar-refractivity contribution in [2.24, 2.45) is 0 Å². The van der Waals surface area contributed by atoms with Crippen molar-refractivity contribution < 1.29 is 4.39 Å². The van der Waals surface area contributed by atoms with Gasteiger partial charge in [0.05, 0.1) is 5.52 Å². The number of para-hydroxylation sites is 1. The molecule has 0 fully saturated rings. The van der Waals surface area contributed by atoms with E-state index in [9.17, 15) is 4.39 Å². The number of anilines is 1. The summed E-state index contributed by atoms with van der Waals surface area (Å²) in [4.78, 5) is 4.38. The lowest BCUT2D eigenvalue weighted by Crippen LogP contribution is -2.03. The Morgan fingerprint density at radius 1 is 1.37 bits per heavy atom. The monoisotopic (exact) mass is 259 g/mol. The molecule has 0 saturated carbocycles. The highest BCUT2D eigenvalue weighted by atomic mass is 19.1. The fourth-order valence-electron chi connectivity index (χ4n) is 2.25. The van der Waals surface area contributed by atoms with E-state index in [4.69, 9.17) is 5.73 Å². The Morgan fingerprint density at radius 2 is 2.16 bits per heavy atom. The van der Waals surface area contributed by atoms with E-state index in [-0.39, 0.29) is 11.9 Å². The number of H-pyrrole nitrogens is 1. The summed E-state index contributed by atoms with van der Waals surface area (Å²) in [5.74, 6) is 0.697. The molecule has 3 aromatic rings. The van der Waals surface area contributed by atoms with Gasteiger partial charge in [0, 0.05) is 12.1 Å². The van der Waals surface area contributed by atoms with Crippen LogP contribution in [-0.2, 0) is 0 Å². The van der Waals surface area contributed by atoms with Gasteiger partial charge in [0.15, 0.2) is 11.6 Å². The Kier molecular flexibility index (Phi) is 2.51. The van der Waals surface area contributed by atoms with Crippen LogP contribution in [0.15, 0.2) is 24.3 Å². The number of aromatic amines is 1.